The van der Waals surface area contributed by atoms with Gasteiger partial charge in [-0.25, -0.2) is 0 Å². The fraction of sp³-hybridized carbons (Fsp3) is 0.200. The molecule has 13 heavy (non-hydrogen) atoms. The molecule has 0 saturated heterocycles. The van der Waals surface area contributed by atoms with Crippen LogP contribution >= 0.6 is 0 Å². The Kier molecular flexibility index (Phi) is 2.80. The molecular weight excluding hydrogens is 168 g/mol. The third kappa shape index (κ3) is 2.15. The van der Waals surface area contributed by atoms with Crippen LogP contribution in [0.3, 0.4) is 0 Å². The van der Waals surface area contributed by atoms with E-state index in [1.54, 1.807) is 31.2 Å². The zero-order valence-electron chi connectivity index (χ0n) is 7.23. The normalized spacial score (nSPS) is 12.1. The molecule has 0 amide bonds. The predicted molar refractivity (Wildman–Crippen MR) is 47.9 cm³/mol. The first kappa shape index (κ1) is 9.45. The minimum atomic E-state index is -0.862. The molecule has 0 aliphatic rings. The fourth-order valence-corrected chi connectivity index (χ4v) is 1.01. The molecule has 0 bridgehead atoms. The van der Waals surface area contributed by atoms with E-state index in [9.17, 15) is 9.59 Å². The lowest BCUT2D eigenvalue weighted by atomic mass is 10.0. The zero-order chi connectivity index (χ0) is 9.84. The number of hydrogen-bond acceptors (Lipinski definition) is 2. The van der Waals surface area contributed by atoms with Crippen molar-refractivity contribution < 1.29 is 14.7 Å². The van der Waals surface area contributed by atoms with Gasteiger partial charge < -0.3 is 5.11 Å². The molecular formula is C10H10O3. The molecule has 0 aliphatic heterocycles. The number of aliphatic carboxylic acids is 1. The first-order valence-electron chi connectivity index (χ1n) is 3.93. The van der Waals surface area contributed by atoms with Gasteiger partial charge in [-0.15, -0.1) is 0 Å². The third-order valence-electron chi connectivity index (χ3n) is 1.94. The molecule has 1 atom stereocenters. The van der Waals surface area contributed by atoms with Crippen LogP contribution in [-0.2, 0) is 4.79 Å². The van der Waals surface area contributed by atoms with Crippen LogP contribution in [0.2, 0.25) is 0 Å². The summed E-state index contributed by atoms with van der Waals surface area (Å²) < 4.78 is 0. The standard InChI is InChI=1S/C10H10O3/c1-7(10(12)13)9-4-2-8(6-11)3-5-9/h2-7H,1H3,(H,12,13)/t7-/m1/s1. The monoisotopic (exact) mass is 178 g/mol. The van der Waals surface area contributed by atoms with Crippen LogP contribution in [-0.4, -0.2) is 17.4 Å². The van der Waals surface area contributed by atoms with Gasteiger partial charge in [0.15, 0.2) is 0 Å². The fourth-order valence-electron chi connectivity index (χ4n) is 1.01. The maximum atomic E-state index is 10.6. The van der Waals surface area contributed by atoms with Gasteiger partial charge in [0.1, 0.15) is 6.29 Å². The molecule has 3 nitrogen and oxygen atoms in total. The maximum Gasteiger partial charge on any atom is 0.310 e. The van der Waals surface area contributed by atoms with Gasteiger partial charge in [-0.05, 0) is 12.5 Å². The lowest BCUT2D eigenvalue weighted by molar-refractivity contribution is -0.138. The van der Waals surface area contributed by atoms with Crippen molar-refractivity contribution in [3.8, 4) is 0 Å². The number of aldehydes is 1. The Morgan fingerprint density at radius 3 is 2.31 bits per heavy atom. The second kappa shape index (κ2) is 3.85. The Bertz CT molecular complexity index is 313. The minimum Gasteiger partial charge on any atom is -0.481 e. The largest absolute Gasteiger partial charge is 0.481 e. The molecule has 0 aliphatic carbocycles. The molecule has 0 saturated carbocycles. The van der Waals surface area contributed by atoms with Gasteiger partial charge in [-0.3, -0.25) is 9.59 Å². The Morgan fingerprint density at radius 1 is 1.38 bits per heavy atom. The second-order valence-corrected chi connectivity index (χ2v) is 2.84. The van der Waals surface area contributed by atoms with Crippen molar-refractivity contribution in [2.24, 2.45) is 0 Å². The van der Waals surface area contributed by atoms with Crippen molar-refractivity contribution in [1.82, 2.24) is 0 Å². The quantitative estimate of drug-likeness (QED) is 0.716. The summed E-state index contributed by atoms with van der Waals surface area (Å²) in [7, 11) is 0. The van der Waals surface area contributed by atoms with E-state index in [2.05, 4.69) is 0 Å². The molecule has 3 heteroatoms. The Labute approximate surface area is 76.0 Å². The van der Waals surface area contributed by atoms with E-state index in [4.69, 9.17) is 5.11 Å². The SMILES string of the molecule is C[C@@H](C(=O)O)c1ccc(C=O)cc1. The van der Waals surface area contributed by atoms with Crippen LogP contribution < -0.4 is 0 Å². The number of benzene rings is 1. The van der Waals surface area contributed by atoms with E-state index in [0.717, 1.165) is 6.29 Å². The molecule has 0 heterocycles. The molecule has 1 rings (SSSR count). The van der Waals surface area contributed by atoms with Crippen LogP contribution in [0.4, 0.5) is 0 Å². The van der Waals surface area contributed by atoms with Crippen LogP contribution in [0.15, 0.2) is 24.3 Å². The highest BCUT2D eigenvalue weighted by Crippen LogP contribution is 2.15. The van der Waals surface area contributed by atoms with Gasteiger partial charge in [0, 0.05) is 5.56 Å². The van der Waals surface area contributed by atoms with E-state index < -0.39 is 11.9 Å². The number of carbonyl (C=O) groups excluding carboxylic acids is 1. The minimum absolute atomic E-state index is 0.527. The average molecular weight is 178 g/mol. The smallest absolute Gasteiger partial charge is 0.310 e. The Balaban J connectivity index is 2.91. The lowest BCUT2D eigenvalue weighted by Gasteiger charge is -2.05. The first-order valence-corrected chi connectivity index (χ1v) is 3.93. The highest BCUT2D eigenvalue weighted by atomic mass is 16.4. The van der Waals surface area contributed by atoms with E-state index in [1.807, 2.05) is 0 Å². The molecule has 0 aromatic heterocycles. The van der Waals surface area contributed by atoms with Crippen molar-refractivity contribution in [3.05, 3.63) is 35.4 Å². The summed E-state index contributed by atoms with van der Waals surface area (Å²) in [5.41, 5.74) is 1.26. The van der Waals surface area contributed by atoms with Crippen molar-refractivity contribution in [2.75, 3.05) is 0 Å². The third-order valence-corrected chi connectivity index (χ3v) is 1.94. The lowest BCUT2D eigenvalue weighted by Crippen LogP contribution is -2.07. The molecule has 0 radical (unpaired) electrons. The summed E-state index contributed by atoms with van der Waals surface area (Å²) in [4.78, 5) is 20.9. The van der Waals surface area contributed by atoms with Crippen molar-refractivity contribution in [2.45, 2.75) is 12.8 Å². The molecule has 0 fully saturated rings. The molecule has 1 N–H and O–H groups in total. The average Bonchev–Trinajstić information content (AvgIpc) is 2.17. The summed E-state index contributed by atoms with van der Waals surface area (Å²) in [6, 6.07) is 6.54. The van der Waals surface area contributed by atoms with Crippen LogP contribution in [0.1, 0.15) is 28.8 Å². The van der Waals surface area contributed by atoms with Gasteiger partial charge in [0.2, 0.25) is 0 Å². The van der Waals surface area contributed by atoms with Crippen LogP contribution in [0.5, 0.6) is 0 Å². The summed E-state index contributed by atoms with van der Waals surface area (Å²) in [5.74, 6) is -1.39. The van der Waals surface area contributed by atoms with Crippen LogP contribution in [0.25, 0.3) is 0 Å². The summed E-state index contributed by atoms with van der Waals surface area (Å²) in [6.45, 7) is 1.61. The summed E-state index contributed by atoms with van der Waals surface area (Å²) >= 11 is 0. The van der Waals surface area contributed by atoms with Crippen molar-refractivity contribution in [3.63, 3.8) is 0 Å². The number of carboxylic acid groups (broad SMARTS) is 1. The van der Waals surface area contributed by atoms with Gasteiger partial charge in [0.25, 0.3) is 0 Å². The molecule has 68 valence electrons. The summed E-state index contributed by atoms with van der Waals surface area (Å²) in [5, 5.41) is 8.69. The number of rotatable bonds is 3. The van der Waals surface area contributed by atoms with E-state index >= 15 is 0 Å². The van der Waals surface area contributed by atoms with Gasteiger partial charge in [0.05, 0.1) is 5.92 Å². The number of hydrogen-bond donors (Lipinski definition) is 1. The van der Waals surface area contributed by atoms with Gasteiger partial charge in [-0.1, -0.05) is 24.3 Å². The molecule has 0 unspecified atom stereocenters. The molecule has 1 aromatic rings. The van der Waals surface area contributed by atoms with Gasteiger partial charge >= 0.3 is 5.97 Å². The number of carbonyl (C=O) groups is 2. The topological polar surface area (TPSA) is 54.4 Å². The second-order valence-electron chi connectivity index (χ2n) is 2.84. The van der Waals surface area contributed by atoms with Crippen LogP contribution in [0, 0.1) is 0 Å². The van der Waals surface area contributed by atoms with Crippen molar-refractivity contribution >= 4 is 12.3 Å². The molecule has 1 aromatic carbocycles. The predicted octanol–water partition coefficient (Wildman–Crippen LogP) is 1.69. The van der Waals surface area contributed by atoms with Gasteiger partial charge in [-0.2, -0.15) is 0 Å². The first-order chi connectivity index (χ1) is 6.15. The zero-order valence-corrected chi connectivity index (χ0v) is 7.23. The van der Waals surface area contributed by atoms with E-state index in [0.29, 0.717) is 11.1 Å². The highest BCUT2D eigenvalue weighted by Gasteiger charge is 2.12. The van der Waals surface area contributed by atoms with E-state index in [1.165, 1.54) is 0 Å². The number of carboxylic acids is 1. The maximum absolute atomic E-state index is 10.6. The summed E-state index contributed by atoms with van der Waals surface area (Å²) in [6.07, 6.45) is 0.731. The van der Waals surface area contributed by atoms with E-state index in [-0.39, 0.29) is 0 Å². The Hall–Kier alpha value is -1.64. The van der Waals surface area contributed by atoms with Crippen molar-refractivity contribution in [1.29, 1.82) is 0 Å². The Morgan fingerprint density at radius 2 is 1.92 bits per heavy atom. The molecule has 0 spiro atoms. The highest BCUT2D eigenvalue weighted by molar-refractivity contribution is 5.77.